The third kappa shape index (κ3) is 4.91. The molecular formula is C22H23ClN2O5. The second-order valence-electron chi connectivity index (χ2n) is 7.01. The first-order chi connectivity index (χ1) is 14.4. The number of amides is 1. The Morgan fingerprint density at radius 1 is 1.20 bits per heavy atom. The number of nitrogens with zero attached hydrogens (tertiary/aromatic N) is 1. The van der Waals surface area contributed by atoms with E-state index in [1.807, 2.05) is 4.90 Å². The molecule has 1 fully saturated rings. The summed E-state index contributed by atoms with van der Waals surface area (Å²) in [5.74, 6) is -2.09. The van der Waals surface area contributed by atoms with Gasteiger partial charge in [-0.05, 0) is 50.1 Å². The van der Waals surface area contributed by atoms with Crippen molar-refractivity contribution in [3.8, 4) is 0 Å². The van der Waals surface area contributed by atoms with E-state index in [9.17, 15) is 19.5 Å². The number of benzene rings is 2. The highest BCUT2D eigenvalue weighted by Crippen LogP contribution is 2.30. The molecule has 1 saturated heterocycles. The third-order valence-corrected chi connectivity index (χ3v) is 5.31. The average Bonchev–Trinajstić information content (AvgIpc) is 2.74. The van der Waals surface area contributed by atoms with Crippen molar-refractivity contribution in [3.05, 3.63) is 58.6 Å². The molecule has 1 atom stereocenters. The standard InChI is InChI=1S/C22H23ClN2O5/c1-2-30-22(29)14-6-5-11-25(13-14)19-10-9-15(12-17(19)21(27)28)24-20(26)16-7-3-4-8-18(16)23/h3-4,7-10,12,14H,2,5-6,11,13H2,1H3,(H,24,26)(H,27,28)/t14-/m0/s1. The highest BCUT2D eigenvalue weighted by Gasteiger charge is 2.29. The van der Waals surface area contributed by atoms with Crippen molar-refractivity contribution in [3.63, 3.8) is 0 Å². The number of hydrogen-bond acceptors (Lipinski definition) is 5. The summed E-state index contributed by atoms with van der Waals surface area (Å²) in [7, 11) is 0. The SMILES string of the molecule is CCOC(=O)[C@H]1CCCN(c2ccc(NC(=O)c3ccccc3Cl)cc2C(=O)O)C1. The Morgan fingerprint density at radius 3 is 2.67 bits per heavy atom. The predicted molar refractivity (Wildman–Crippen MR) is 114 cm³/mol. The molecule has 0 bridgehead atoms. The average molecular weight is 431 g/mol. The number of aromatic carboxylic acids is 1. The Hall–Kier alpha value is -3.06. The van der Waals surface area contributed by atoms with Crippen LogP contribution in [-0.2, 0) is 9.53 Å². The van der Waals surface area contributed by atoms with Gasteiger partial charge in [0.15, 0.2) is 0 Å². The molecule has 0 saturated carbocycles. The van der Waals surface area contributed by atoms with Crippen LogP contribution in [0.5, 0.6) is 0 Å². The van der Waals surface area contributed by atoms with Gasteiger partial charge >= 0.3 is 11.9 Å². The van der Waals surface area contributed by atoms with E-state index in [-0.39, 0.29) is 17.5 Å². The molecule has 8 heteroatoms. The first kappa shape index (κ1) is 21.6. The summed E-state index contributed by atoms with van der Waals surface area (Å²) < 4.78 is 5.12. The number of carbonyl (C=O) groups excluding carboxylic acids is 2. The van der Waals surface area contributed by atoms with Crippen LogP contribution in [0, 0.1) is 5.92 Å². The molecular weight excluding hydrogens is 408 g/mol. The van der Waals surface area contributed by atoms with Crippen LogP contribution in [0.4, 0.5) is 11.4 Å². The number of esters is 1. The fourth-order valence-corrected chi connectivity index (χ4v) is 3.77. The van der Waals surface area contributed by atoms with Crippen molar-refractivity contribution in [2.24, 2.45) is 5.92 Å². The van der Waals surface area contributed by atoms with Gasteiger partial charge in [0.25, 0.3) is 5.91 Å². The number of anilines is 2. The molecule has 158 valence electrons. The van der Waals surface area contributed by atoms with Gasteiger partial charge in [0, 0.05) is 18.8 Å². The molecule has 2 aromatic carbocycles. The van der Waals surface area contributed by atoms with Crippen LogP contribution in [0.3, 0.4) is 0 Å². The number of carboxylic acids is 1. The summed E-state index contributed by atoms with van der Waals surface area (Å²) in [6, 6.07) is 11.3. The van der Waals surface area contributed by atoms with Gasteiger partial charge < -0.3 is 20.1 Å². The number of carbonyl (C=O) groups is 3. The van der Waals surface area contributed by atoms with E-state index < -0.39 is 11.9 Å². The highest BCUT2D eigenvalue weighted by molar-refractivity contribution is 6.34. The van der Waals surface area contributed by atoms with Crippen LogP contribution >= 0.6 is 11.6 Å². The van der Waals surface area contributed by atoms with Gasteiger partial charge in [0.2, 0.25) is 0 Å². The lowest BCUT2D eigenvalue weighted by molar-refractivity contribution is -0.148. The number of halogens is 1. The summed E-state index contributed by atoms with van der Waals surface area (Å²) in [6.07, 6.45) is 1.47. The van der Waals surface area contributed by atoms with Crippen molar-refractivity contribution in [2.45, 2.75) is 19.8 Å². The number of nitrogens with one attached hydrogen (secondary N) is 1. The Bertz CT molecular complexity index is 962. The largest absolute Gasteiger partial charge is 0.478 e. The minimum Gasteiger partial charge on any atom is -0.478 e. The molecule has 2 N–H and O–H groups in total. The lowest BCUT2D eigenvalue weighted by Gasteiger charge is -2.34. The van der Waals surface area contributed by atoms with E-state index in [2.05, 4.69) is 5.32 Å². The minimum absolute atomic E-state index is 0.0523. The summed E-state index contributed by atoms with van der Waals surface area (Å²) in [5, 5.41) is 12.7. The summed E-state index contributed by atoms with van der Waals surface area (Å²) >= 11 is 6.06. The maximum atomic E-state index is 12.5. The molecule has 1 heterocycles. The second kappa shape index (κ2) is 9.63. The van der Waals surface area contributed by atoms with Crippen LogP contribution in [0.15, 0.2) is 42.5 Å². The summed E-state index contributed by atoms with van der Waals surface area (Å²) in [5.41, 5.74) is 1.21. The third-order valence-electron chi connectivity index (χ3n) is 4.99. The molecule has 2 aromatic rings. The molecule has 1 amide bonds. The summed E-state index contributed by atoms with van der Waals surface area (Å²) in [6.45, 7) is 3.11. The smallest absolute Gasteiger partial charge is 0.337 e. The van der Waals surface area contributed by atoms with Gasteiger partial charge in [-0.1, -0.05) is 23.7 Å². The second-order valence-corrected chi connectivity index (χ2v) is 7.42. The topological polar surface area (TPSA) is 95.9 Å². The molecule has 30 heavy (non-hydrogen) atoms. The van der Waals surface area contributed by atoms with Crippen LogP contribution < -0.4 is 10.2 Å². The number of ether oxygens (including phenoxy) is 1. The Balaban J connectivity index is 1.82. The molecule has 1 aliphatic rings. The first-order valence-electron chi connectivity index (χ1n) is 9.75. The highest BCUT2D eigenvalue weighted by atomic mass is 35.5. The van der Waals surface area contributed by atoms with Gasteiger partial charge in [-0.2, -0.15) is 0 Å². The number of piperidine rings is 1. The Labute approximate surface area is 179 Å². The molecule has 1 aliphatic heterocycles. The lowest BCUT2D eigenvalue weighted by Crippen LogP contribution is -2.40. The van der Waals surface area contributed by atoms with Crippen LogP contribution in [0.25, 0.3) is 0 Å². The van der Waals surface area contributed by atoms with Crippen molar-refractivity contribution < 1.29 is 24.2 Å². The van der Waals surface area contributed by atoms with Gasteiger partial charge in [0.05, 0.1) is 34.4 Å². The zero-order chi connectivity index (χ0) is 21.7. The number of hydrogen-bond donors (Lipinski definition) is 2. The van der Waals surface area contributed by atoms with Crippen LogP contribution in [0.2, 0.25) is 5.02 Å². The van der Waals surface area contributed by atoms with Gasteiger partial charge in [-0.25, -0.2) is 4.79 Å². The molecule has 3 rings (SSSR count). The van der Waals surface area contributed by atoms with Crippen LogP contribution in [-0.4, -0.2) is 42.6 Å². The van der Waals surface area contributed by atoms with E-state index in [4.69, 9.17) is 16.3 Å². The van der Waals surface area contributed by atoms with Gasteiger partial charge in [-0.15, -0.1) is 0 Å². The van der Waals surface area contributed by atoms with Crippen LogP contribution in [0.1, 0.15) is 40.5 Å². The maximum absolute atomic E-state index is 12.5. The fourth-order valence-electron chi connectivity index (χ4n) is 3.55. The minimum atomic E-state index is -1.11. The van der Waals surface area contributed by atoms with Crippen molar-refractivity contribution in [2.75, 3.05) is 29.9 Å². The van der Waals surface area contributed by atoms with Crippen molar-refractivity contribution in [1.29, 1.82) is 0 Å². The fraction of sp³-hybridized carbons (Fsp3) is 0.318. The quantitative estimate of drug-likeness (QED) is 0.670. The van der Waals surface area contributed by atoms with Gasteiger partial charge in [0.1, 0.15) is 0 Å². The Kier molecular flexibility index (Phi) is 6.95. The van der Waals surface area contributed by atoms with E-state index in [0.29, 0.717) is 48.1 Å². The lowest BCUT2D eigenvalue weighted by atomic mass is 9.96. The zero-order valence-electron chi connectivity index (χ0n) is 16.6. The monoisotopic (exact) mass is 430 g/mol. The van der Waals surface area contributed by atoms with Crippen molar-refractivity contribution in [1.82, 2.24) is 0 Å². The predicted octanol–water partition coefficient (Wildman–Crippen LogP) is 4.07. The molecule has 0 aliphatic carbocycles. The van der Waals surface area contributed by atoms with E-state index in [0.717, 1.165) is 6.42 Å². The Morgan fingerprint density at radius 2 is 1.97 bits per heavy atom. The normalized spacial score (nSPS) is 16.1. The molecule has 0 spiro atoms. The maximum Gasteiger partial charge on any atom is 0.337 e. The van der Waals surface area contributed by atoms with E-state index in [1.54, 1.807) is 43.3 Å². The molecule has 0 aromatic heterocycles. The molecule has 0 radical (unpaired) electrons. The van der Waals surface area contributed by atoms with Crippen molar-refractivity contribution >= 4 is 40.8 Å². The number of rotatable bonds is 6. The first-order valence-corrected chi connectivity index (χ1v) is 10.1. The van der Waals surface area contributed by atoms with E-state index >= 15 is 0 Å². The molecule has 7 nitrogen and oxygen atoms in total. The van der Waals surface area contributed by atoms with E-state index in [1.165, 1.54) is 6.07 Å². The number of carboxylic acid groups (broad SMARTS) is 1. The zero-order valence-corrected chi connectivity index (χ0v) is 17.3. The molecule has 0 unspecified atom stereocenters. The summed E-state index contributed by atoms with van der Waals surface area (Å²) in [4.78, 5) is 38.4. The van der Waals surface area contributed by atoms with Gasteiger partial charge in [-0.3, -0.25) is 9.59 Å².